The minimum absolute atomic E-state index is 0.102. The van der Waals surface area contributed by atoms with E-state index in [9.17, 15) is 9.59 Å². The van der Waals surface area contributed by atoms with Crippen molar-refractivity contribution >= 4 is 11.6 Å². The molecule has 1 aromatic heterocycles. The minimum atomic E-state index is -0.102. The molecular formula is C15H24N4O2. The van der Waals surface area contributed by atoms with E-state index in [1.807, 2.05) is 6.92 Å². The maximum atomic E-state index is 11.8. The van der Waals surface area contributed by atoms with Gasteiger partial charge in [-0.1, -0.05) is 6.92 Å². The summed E-state index contributed by atoms with van der Waals surface area (Å²) in [5, 5.41) is 6.99. The van der Waals surface area contributed by atoms with Gasteiger partial charge in [0.05, 0.1) is 11.9 Å². The molecule has 1 N–H and O–H groups in total. The maximum Gasteiger partial charge on any atom is 0.268 e. The lowest BCUT2D eigenvalue weighted by molar-refractivity contribution is -0.122. The van der Waals surface area contributed by atoms with Crippen LogP contribution in [0.3, 0.4) is 0 Å². The van der Waals surface area contributed by atoms with Gasteiger partial charge in [0.1, 0.15) is 0 Å². The number of anilines is 1. The minimum Gasteiger partial charge on any atom is -0.370 e. The molecule has 0 aliphatic carbocycles. The van der Waals surface area contributed by atoms with Gasteiger partial charge in [-0.2, -0.15) is 5.10 Å². The van der Waals surface area contributed by atoms with Gasteiger partial charge in [-0.3, -0.25) is 9.59 Å². The smallest absolute Gasteiger partial charge is 0.268 e. The van der Waals surface area contributed by atoms with Crippen molar-refractivity contribution in [3.63, 3.8) is 0 Å². The van der Waals surface area contributed by atoms with E-state index in [2.05, 4.69) is 15.3 Å². The molecule has 116 valence electrons. The predicted octanol–water partition coefficient (Wildman–Crippen LogP) is 0.913. The number of rotatable bonds is 5. The summed E-state index contributed by atoms with van der Waals surface area (Å²) in [6.45, 7) is 4.52. The summed E-state index contributed by atoms with van der Waals surface area (Å²) in [6, 6.07) is 1.62. The lowest BCUT2D eigenvalue weighted by Gasteiger charge is -2.33. The van der Waals surface area contributed by atoms with Crippen LogP contribution in [-0.4, -0.2) is 35.3 Å². The van der Waals surface area contributed by atoms with Crippen molar-refractivity contribution in [3.05, 3.63) is 22.6 Å². The summed E-state index contributed by atoms with van der Waals surface area (Å²) in [5.74, 6) is 0.477. The van der Waals surface area contributed by atoms with E-state index in [1.165, 1.54) is 4.68 Å². The van der Waals surface area contributed by atoms with Crippen molar-refractivity contribution in [1.82, 2.24) is 15.1 Å². The molecular weight excluding hydrogens is 268 g/mol. The van der Waals surface area contributed by atoms with Crippen molar-refractivity contribution in [2.45, 2.75) is 32.6 Å². The summed E-state index contributed by atoms with van der Waals surface area (Å²) in [7, 11) is 1.64. The number of amides is 1. The van der Waals surface area contributed by atoms with Gasteiger partial charge in [-0.15, -0.1) is 0 Å². The van der Waals surface area contributed by atoms with Crippen LogP contribution in [0.4, 0.5) is 5.69 Å². The van der Waals surface area contributed by atoms with Crippen LogP contribution in [0, 0.1) is 5.92 Å². The normalized spacial score (nSPS) is 18.6. The Kier molecular flexibility index (Phi) is 5.36. The van der Waals surface area contributed by atoms with Gasteiger partial charge < -0.3 is 10.2 Å². The van der Waals surface area contributed by atoms with Crippen molar-refractivity contribution in [1.29, 1.82) is 0 Å². The molecule has 1 aliphatic rings. The molecule has 6 heteroatoms. The van der Waals surface area contributed by atoms with Crippen molar-refractivity contribution < 1.29 is 4.79 Å². The van der Waals surface area contributed by atoms with Crippen LogP contribution >= 0.6 is 0 Å². The van der Waals surface area contributed by atoms with Crippen LogP contribution in [0.5, 0.6) is 0 Å². The SMILES string of the molecule is CCCNC(=O)CC1CCCN(c2cnn(C)c(=O)c2)C1. The predicted molar refractivity (Wildman–Crippen MR) is 82.3 cm³/mol. The first-order chi connectivity index (χ1) is 10.1. The summed E-state index contributed by atoms with van der Waals surface area (Å²) in [6.07, 6.45) is 5.35. The van der Waals surface area contributed by atoms with Crippen molar-refractivity contribution in [2.24, 2.45) is 13.0 Å². The monoisotopic (exact) mass is 292 g/mol. The summed E-state index contributed by atoms with van der Waals surface area (Å²) < 4.78 is 1.32. The molecule has 2 rings (SSSR count). The Hall–Kier alpha value is -1.85. The van der Waals surface area contributed by atoms with Gasteiger partial charge in [0.25, 0.3) is 5.56 Å². The number of nitrogens with one attached hydrogen (secondary N) is 1. The van der Waals surface area contributed by atoms with Gasteiger partial charge in [-0.05, 0) is 25.2 Å². The molecule has 1 fully saturated rings. The van der Waals surface area contributed by atoms with Crippen LogP contribution in [0.1, 0.15) is 32.6 Å². The molecule has 1 saturated heterocycles. The average molecular weight is 292 g/mol. The Morgan fingerprint density at radius 3 is 3.05 bits per heavy atom. The highest BCUT2D eigenvalue weighted by atomic mass is 16.1. The van der Waals surface area contributed by atoms with Gasteiger partial charge in [0.15, 0.2) is 0 Å². The highest BCUT2D eigenvalue weighted by molar-refractivity contribution is 5.76. The Morgan fingerprint density at radius 1 is 1.52 bits per heavy atom. The van der Waals surface area contributed by atoms with Crippen LogP contribution in [0.15, 0.2) is 17.1 Å². The number of aromatic nitrogens is 2. The second-order valence-corrected chi connectivity index (χ2v) is 5.68. The zero-order valence-electron chi connectivity index (χ0n) is 12.8. The maximum absolute atomic E-state index is 11.8. The second-order valence-electron chi connectivity index (χ2n) is 5.68. The van der Waals surface area contributed by atoms with Crippen LogP contribution in [0.2, 0.25) is 0 Å². The first kappa shape index (κ1) is 15.5. The average Bonchev–Trinajstić information content (AvgIpc) is 2.48. The van der Waals surface area contributed by atoms with E-state index >= 15 is 0 Å². The molecule has 21 heavy (non-hydrogen) atoms. The molecule has 1 aromatic rings. The number of carbonyl (C=O) groups excluding carboxylic acids is 1. The summed E-state index contributed by atoms with van der Waals surface area (Å²) in [4.78, 5) is 25.6. The highest BCUT2D eigenvalue weighted by Crippen LogP contribution is 2.23. The lowest BCUT2D eigenvalue weighted by Crippen LogP contribution is -2.38. The lowest BCUT2D eigenvalue weighted by atomic mass is 9.94. The third-order valence-electron chi connectivity index (χ3n) is 3.88. The number of hydrogen-bond donors (Lipinski definition) is 1. The van der Waals surface area contributed by atoms with Crippen molar-refractivity contribution in [2.75, 3.05) is 24.5 Å². The highest BCUT2D eigenvalue weighted by Gasteiger charge is 2.22. The third kappa shape index (κ3) is 4.31. The molecule has 2 heterocycles. The molecule has 0 spiro atoms. The van der Waals surface area contributed by atoms with Gasteiger partial charge in [0.2, 0.25) is 5.91 Å². The van der Waals surface area contributed by atoms with E-state index in [0.717, 1.165) is 44.6 Å². The Bertz CT molecular complexity index is 541. The molecule has 1 unspecified atom stereocenters. The molecule has 1 amide bonds. The fourth-order valence-corrected chi connectivity index (χ4v) is 2.70. The molecule has 0 aromatic carbocycles. The van der Waals surface area contributed by atoms with E-state index in [4.69, 9.17) is 0 Å². The molecule has 1 atom stereocenters. The molecule has 0 radical (unpaired) electrons. The first-order valence-electron chi connectivity index (χ1n) is 7.65. The fraction of sp³-hybridized carbons (Fsp3) is 0.667. The topological polar surface area (TPSA) is 67.2 Å². The largest absolute Gasteiger partial charge is 0.370 e. The number of nitrogens with zero attached hydrogens (tertiary/aromatic N) is 3. The van der Waals surface area contributed by atoms with Gasteiger partial charge in [-0.25, -0.2) is 4.68 Å². The van der Waals surface area contributed by atoms with E-state index < -0.39 is 0 Å². The number of carbonyl (C=O) groups is 1. The van der Waals surface area contributed by atoms with E-state index in [1.54, 1.807) is 19.3 Å². The summed E-state index contributed by atoms with van der Waals surface area (Å²) in [5.41, 5.74) is 0.757. The quantitative estimate of drug-likeness (QED) is 0.876. The number of aryl methyl sites for hydroxylation is 1. The van der Waals surface area contributed by atoms with Crippen LogP contribution in [-0.2, 0) is 11.8 Å². The van der Waals surface area contributed by atoms with Crippen molar-refractivity contribution in [3.8, 4) is 0 Å². The second kappa shape index (κ2) is 7.24. The molecule has 0 saturated carbocycles. The summed E-state index contributed by atoms with van der Waals surface area (Å²) >= 11 is 0. The number of piperidine rings is 1. The fourth-order valence-electron chi connectivity index (χ4n) is 2.70. The number of hydrogen-bond acceptors (Lipinski definition) is 4. The van der Waals surface area contributed by atoms with Gasteiger partial charge >= 0.3 is 0 Å². The van der Waals surface area contributed by atoms with E-state index in [0.29, 0.717) is 12.3 Å². The Labute approximate surface area is 125 Å². The third-order valence-corrected chi connectivity index (χ3v) is 3.88. The van der Waals surface area contributed by atoms with E-state index in [-0.39, 0.29) is 11.5 Å². The molecule has 1 aliphatic heterocycles. The Morgan fingerprint density at radius 2 is 2.33 bits per heavy atom. The molecule has 6 nitrogen and oxygen atoms in total. The van der Waals surface area contributed by atoms with Gasteiger partial charge in [0, 0.05) is 39.2 Å². The first-order valence-corrected chi connectivity index (χ1v) is 7.65. The van der Waals surface area contributed by atoms with Crippen LogP contribution < -0.4 is 15.8 Å². The van der Waals surface area contributed by atoms with Crippen LogP contribution in [0.25, 0.3) is 0 Å². The molecule has 0 bridgehead atoms. The zero-order chi connectivity index (χ0) is 15.2. The zero-order valence-corrected chi connectivity index (χ0v) is 12.8. The Balaban J connectivity index is 1.95. The standard InChI is InChI=1S/C15H24N4O2/c1-3-6-16-14(20)8-12-5-4-7-19(11-12)13-9-15(21)18(2)17-10-13/h9-10,12H,3-8,11H2,1-2H3,(H,16,20).